The highest BCUT2D eigenvalue weighted by Crippen LogP contribution is 2.26. The number of hydrogen-bond donors (Lipinski definition) is 1. The smallest absolute Gasteiger partial charge is 0.166 e. The molecule has 0 aliphatic heterocycles. The van der Waals surface area contributed by atoms with E-state index in [0.717, 1.165) is 11.6 Å². The fraction of sp³-hybridized carbons (Fsp3) is 0.200. The normalized spacial score (nSPS) is 13.3. The van der Waals surface area contributed by atoms with Crippen LogP contribution < -0.4 is 10.5 Å². The van der Waals surface area contributed by atoms with Gasteiger partial charge in [0.25, 0.3) is 0 Å². The first-order valence-corrected chi connectivity index (χ1v) is 6.13. The van der Waals surface area contributed by atoms with Gasteiger partial charge in [-0.25, -0.2) is 4.39 Å². The van der Waals surface area contributed by atoms with Gasteiger partial charge in [-0.15, -0.1) is 0 Å². The predicted molar refractivity (Wildman–Crippen MR) is 72.4 cm³/mol. The number of aromatic nitrogens is 1. The van der Waals surface area contributed by atoms with Gasteiger partial charge in [0.15, 0.2) is 11.6 Å². The van der Waals surface area contributed by atoms with E-state index >= 15 is 0 Å². The number of rotatable bonds is 4. The van der Waals surface area contributed by atoms with Gasteiger partial charge in [0.2, 0.25) is 0 Å². The number of nitrogens with zero attached hydrogens (tertiary/aromatic N) is 2. The summed E-state index contributed by atoms with van der Waals surface area (Å²) in [4.78, 5) is 3.93. The molecule has 1 aromatic heterocycles. The number of hydrogen-bond acceptors (Lipinski definition) is 4. The van der Waals surface area contributed by atoms with Crippen LogP contribution in [0, 0.1) is 17.1 Å². The van der Waals surface area contributed by atoms with Crippen molar-refractivity contribution in [2.45, 2.75) is 19.1 Å². The summed E-state index contributed by atoms with van der Waals surface area (Å²) >= 11 is 0. The molecular formula is C15H14FN3O. The minimum atomic E-state index is -0.580. The fourth-order valence-electron chi connectivity index (χ4n) is 1.83. The van der Waals surface area contributed by atoms with Crippen LogP contribution in [0.15, 0.2) is 42.7 Å². The van der Waals surface area contributed by atoms with Crippen molar-refractivity contribution in [2.24, 2.45) is 5.73 Å². The summed E-state index contributed by atoms with van der Waals surface area (Å²) in [6.45, 7) is 1.78. The lowest BCUT2D eigenvalue weighted by molar-refractivity contribution is 0.172. The molecule has 2 aromatic rings. The van der Waals surface area contributed by atoms with E-state index in [2.05, 4.69) is 4.98 Å². The standard InChI is InChI=1S/C15H14FN3O/c1-10(18)15(12-4-6-19-7-5-12)20-14-3-2-11(9-17)8-13(14)16/h2-8,10,15H,18H2,1H3. The minimum Gasteiger partial charge on any atom is -0.481 e. The summed E-state index contributed by atoms with van der Waals surface area (Å²) in [5.74, 6) is -0.508. The van der Waals surface area contributed by atoms with E-state index in [9.17, 15) is 4.39 Å². The van der Waals surface area contributed by atoms with Gasteiger partial charge in [-0.1, -0.05) is 0 Å². The third-order valence-electron chi connectivity index (χ3n) is 2.83. The number of benzene rings is 1. The molecule has 0 radical (unpaired) electrons. The highest BCUT2D eigenvalue weighted by molar-refractivity contribution is 5.36. The molecule has 5 heteroatoms. The average molecular weight is 271 g/mol. The molecule has 20 heavy (non-hydrogen) atoms. The molecule has 1 aromatic carbocycles. The number of nitrogens with two attached hydrogens (primary N) is 1. The molecule has 102 valence electrons. The maximum Gasteiger partial charge on any atom is 0.166 e. The quantitative estimate of drug-likeness (QED) is 0.927. The Hall–Kier alpha value is -2.45. The van der Waals surface area contributed by atoms with Crippen molar-refractivity contribution in [3.63, 3.8) is 0 Å². The third-order valence-corrected chi connectivity index (χ3v) is 2.83. The zero-order valence-corrected chi connectivity index (χ0v) is 11.0. The second-order valence-corrected chi connectivity index (χ2v) is 4.44. The van der Waals surface area contributed by atoms with Gasteiger partial charge in [0.05, 0.1) is 11.6 Å². The van der Waals surface area contributed by atoms with Crippen molar-refractivity contribution < 1.29 is 9.13 Å². The monoisotopic (exact) mass is 271 g/mol. The van der Waals surface area contributed by atoms with Gasteiger partial charge in [0.1, 0.15) is 6.10 Å². The zero-order valence-electron chi connectivity index (χ0n) is 11.0. The first-order valence-electron chi connectivity index (χ1n) is 6.13. The Morgan fingerprint density at radius 2 is 2.00 bits per heavy atom. The SMILES string of the molecule is CC(N)C(Oc1ccc(C#N)cc1F)c1ccncc1. The molecule has 0 saturated carbocycles. The van der Waals surface area contributed by atoms with Crippen LogP contribution in [0.5, 0.6) is 5.75 Å². The second kappa shape index (κ2) is 6.13. The van der Waals surface area contributed by atoms with E-state index in [1.54, 1.807) is 31.5 Å². The Kier molecular flexibility index (Phi) is 4.28. The average Bonchev–Trinajstić information content (AvgIpc) is 2.46. The topological polar surface area (TPSA) is 71.9 Å². The van der Waals surface area contributed by atoms with Gasteiger partial charge in [0, 0.05) is 18.4 Å². The number of ether oxygens (including phenoxy) is 1. The molecule has 2 atom stereocenters. The largest absolute Gasteiger partial charge is 0.481 e. The molecule has 0 spiro atoms. The molecule has 0 aliphatic carbocycles. The van der Waals surface area contributed by atoms with Crippen molar-refractivity contribution in [3.05, 3.63) is 59.7 Å². The molecule has 2 unspecified atom stereocenters. The summed E-state index contributed by atoms with van der Waals surface area (Å²) in [5, 5.41) is 8.72. The molecule has 0 amide bonds. The molecule has 0 fully saturated rings. The lowest BCUT2D eigenvalue weighted by atomic mass is 10.1. The van der Waals surface area contributed by atoms with Crippen LogP contribution in [-0.2, 0) is 0 Å². The Bertz CT molecular complexity index is 623. The maximum absolute atomic E-state index is 13.8. The first-order chi connectivity index (χ1) is 9.61. The molecule has 0 saturated heterocycles. The molecular weight excluding hydrogens is 257 g/mol. The van der Waals surface area contributed by atoms with Gasteiger partial charge >= 0.3 is 0 Å². The molecule has 0 bridgehead atoms. The Balaban J connectivity index is 2.28. The van der Waals surface area contributed by atoms with E-state index in [0.29, 0.717) is 0 Å². The maximum atomic E-state index is 13.8. The van der Waals surface area contributed by atoms with E-state index in [-0.39, 0.29) is 17.4 Å². The van der Waals surface area contributed by atoms with Crippen molar-refractivity contribution >= 4 is 0 Å². The Morgan fingerprint density at radius 1 is 1.30 bits per heavy atom. The third kappa shape index (κ3) is 3.11. The summed E-state index contributed by atoms with van der Waals surface area (Å²) in [5.41, 5.74) is 6.97. The van der Waals surface area contributed by atoms with Gasteiger partial charge in [-0.05, 0) is 42.8 Å². The van der Waals surface area contributed by atoms with Crippen molar-refractivity contribution in [3.8, 4) is 11.8 Å². The number of nitriles is 1. The van der Waals surface area contributed by atoms with Crippen LogP contribution in [-0.4, -0.2) is 11.0 Å². The van der Waals surface area contributed by atoms with Gasteiger partial charge < -0.3 is 10.5 Å². The van der Waals surface area contributed by atoms with E-state index < -0.39 is 11.9 Å². The molecule has 4 nitrogen and oxygen atoms in total. The van der Waals surface area contributed by atoms with Gasteiger partial charge in [-0.3, -0.25) is 4.98 Å². The summed E-state index contributed by atoms with van der Waals surface area (Å²) in [7, 11) is 0. The fourth-order valence-corrected chi connectivity index (χ4v) is 1.83. The number of pyridine rings is 1. The van der Waals surface area contributed by atoms with Crippen LogP contribution in [0.4, 0.5) is 4.39 Å². The van der Waals surface area contributed by atoms with Crippen molar-refractivity contribution in [2.75, 3.05) is 0 Å². The summed E-state index contributed by atoms with van der Waals surface area (Å²) in [6.07, 6.45) is 2.77. The molecule has 0 aliphatic rings. The van der Waals surface area contributed by atoms with Crippen LogP contribution in [0.3, 0.4) is 0 Å². The highest BCUT2D eigenvalue weighted by atomic mass is 19.1. The second-order valence-electron chi connectivity index (χ2n) is 4.44. The van der Waals surface area contributed by atoms with E-state index in [1.165, 1.54) is 12.1 Å². The van der Waals surface area contributed by atoms with E-state index in [1.807, 2.05) is 6.07 Å². The highest BCUT2D eigenvalue weighted by Gasteiger charge is 2.19. The zero-order chi connectivity index (χ0) is 14.5. The van der Waals surface area contributed by atoms with Crippen LogP contribution in [0.1, 0.15) is 24.2 Å². The molecule has 1 heterocycles. The molecule has 2 N–H and O–H groups in total. The van der Waals surface area contributed by atoms with Crippen LogP contribution in [0.25, 0.3) is 0 Å². The minimum absolute atomic E-state index is 0.0723. The number of halogens is 1. The van der Waals surface area contributed by atoms with Crippen LogP contribution >= 0.6 is 0 Å². The van der Waals surface area contributed by atoms with Gasteiger partial charge in [-0.2, -0.15) is 5.26 Å². The van der Waals surface area contributed by atoms with Crippen LogP contribution in [0.2, 0.25) is 0 Å². The molecule has 2 rings (SSSR count). The predicted octanol–water partition coefficient (Wildman–Crippen LogP) is 2.56. The first kappa shape index (κ1) is 14.0. The summed E-state index contributed by atoms with van der Waals surface area (Å²) < 4.78 is 19.5. The summed E-state index contributed by atoms with van der Waals surface area (Å²) in [6, 6.07) is 9.17. The van der Waals surface area contributed by atoms with Crippen molar-refractivity contribution in [1.82, 2.24) is 4.98 Å². The lowest BCUT2D eigenvalue weighted by Crippen LogP contribution is -2.29. The van der Waals surface area contributed by atoms with Crippen molar-refractivity contribution in [1.29, 1.82) is 5.26 Å². The Morgan fingerprint density at radius 3 is 2.55 bits per heavy atom. The van der Waals surface area contributed by atoms with E-state index in [4.69, 9.17) is 15.7 Å². The lowest BCUT2D eigenvalue weighted by Gasteiger charge is -2.23. The Labute approximate surface area is 116 Å².